The molecule has 0 bridgehead atoms. The molecule has 0 N–H and O–H groups in total. The van der Waals surface area contributed by atoms with E-state index in [4.69, 9.17) is 4.74 Å². The van der Waals surface area contributed by atoms with Crippen molar-refractivity contribution < 1.29 is 4.74 Å². The molecule has 1 unspecified atom stereocenters. The Morgan fingerprint density at radius 1 is 1.50 bits per heavy atom. The van der Waals surface area contributed by atoms with E-state index in [1.807, 2.05) is 0 Å². The van der Waals surface area contributed by atoms with E-state index in [2.05, 4.69) is 53.8 Å². The highest BCUT2D eigenvalue weighted by molar-refractivity contribution is 14.1. The maximum atomic E-state index is 5.33. The van der Waals surface area contributed by atoms with Gasteiger partial charge in [0, 0.05) is 11.5 Å². The van der Waals surface area contributed by atoms with Crippen LogP contribution in [0.25, 0.3) is 0 Å². The molecule has 0 saturated carbocycles. The molecule has 0 amide bonds. The molecule has 0 spiro atoms. The van der Waals surface area contributed by atoms with Crippen LogP contribution in [-0.4, -0.2) is 11.5 Å². The van der Waals surface area contributed by atoms with Gasteiger partial charge in [0.25, 0.3) is 0 Å². The number of ether oxygens (including phenoxy) is 1. The number of alkyl halides is 1. The summed E-state index contributed by atoms with van der Waals surface area (Å²) in [4.78, 5) is 0. The number of rotatable bonds is 3. The van der Waals surface area contributed by atoms with Crippen molar-refractivity contribution in [2.45, 2.75) is 13.0 Å². The van der Waals surface area contributed by atoms with Crippen LogP contribution in [0.3, 0.4) is 0 Å². The minimum absolute atomic E-state index is 0.241. The van der Waals surface area contributed by atoms with Gasteiger partial charge in [-0.15, -0.1) is 0 Å². The molecule has 1 rings (SSSR count). The van der Waals surface area contributed by atoms with Gasteiger partial charge >= 0.3 is 0 Å². The highest BCUT2D eigenvalue weighted by Gasteiger charge is 2.07. The fraction of sp³-hybridized carbons (Fsp3) is 0.400. The lowest BCUT2D eigenvalue weighted by Gasteiger charge is -2.12. The molecular weight excluding hydrogens is 263 g/mol. The fourth-order valence-electron chi connectivity index (χ4n) is 1.16. The van der Waals surface area contributed by atoms with Gasteiger partial charge in [-0.3, -0.25) is 0 Å². The Bertz CT molecular complexity index is 243. The summed E-state index contributed by atoms with van der Waals surface area (Å²) < 4.78 is 6.33. The van der Waals surface area contributed by atoms with Crippen LogP contribution in [0.4, 0.5) is 0 Å². The average Bonchev–Trinajstić information content (AvgIpc) is 2.07. The van der Waals surface area contributed by atoms with Gasteiger partial charge in [0.05, 0.1) is 6.10 Å². The molecule has 0 aliphatic rings. The maximum Gasteiger partial charge on any atom is 0.0910 e. The van der Waals surface area contributed by atoms with E-state index >= 15 is 0 Å². The molecule has 0 aromatic heterocycles. The van der Waals surface area contributed by atoms with Crippen LogP contribution in [0.5, 0.6) is 0 Å². The molecular formula is C10H13IO. The molecule has 1 nitrogen and oxygen atoms in total. The zero-order valence-electron chi connectivity index (χ0n) is 7.38. The maximum absolute atomic E-state index is 5.33. The molecule has 0 heterocycles. The Hall–Kier alpha value is -0.0900. The minimum Gasteiger partial charge on any atom is -0.376 e. The topological polar surface area (TPSA) is 9.23 Å². The van der Waals surface area contributed by atoms with Crippen molar-refractivity contribution in [3.63, 3.8) is 0 Å². The fourth-order valence-corrected chi connectivity index (χ4v) is 2.03. The molecule has 0 aliphatic carbocycles. The first-order valence-electron chi connectivity index (χ1n) is 3.93. The van der Waals surface area contributed by atoms with Gasteiger partial charge in [0.1, 0.15) is 0 Å². The standard InChI is InChI=1S/C10H13IO/c1-8-4-3-5-9(6-8)10(7-11)12-2/h3-6,10H,7H2,1-2H3. The van der Waals surface area contributed by atoms with Gasteiger partial charge in [0.15, 0.2) is 0 Å². The van der Waals surface area contributed by atoms with Crippen molar-refractivity contribution in [2.24, 2.45) is 0 Å². The SMILES string of the molecule is COC(CI)c1cccc(C)c1. The molecule has 0 radical (unpaired) electrons. The Kier molecular flexibility index (Phi) is 4.01. The Morgan fingerprint density at radius 2 is 2.25 bits per heavy atom. The number of hydrogen-bond donors (Lipinski definition) is 0. The third-order valence-electron chi connectivity index (χ3n) is 1.84. The third-order valence-corrected chi connectivity index (χ3v) is 2.64. The van der Waals surface area contributed by atoms with Crippen LogP contribution in [0.15, 0.2) is 24.3 Å². The van der Waals surface area contributed by atoms with Crippen LogP contribution < -0.4 is 0 Å². The molecule has 0 fully saturated rings. The van der Waals surface area contributed by atoms with Crippen LogP contribution >= 0.6 is 22.6 Å². The van der Waals surface area contributed by atoms with Crippen molar-refractivity contribution in [2.75, 3.05) is 11.5 Å². The van der Waals surface area contributed by atoms with E-state index in [0.29, 0.717) is 0 Å². The van der Waals surface area contributed by atoms with Crippen LogP contribution in [-0.2, 0) is 4.74 Å². The van der Waals surface area contributed by atoms with Crippen LogP contribution in [0.1, 0.15) is 17.2 Å². The van der Waals surface area contributed by atoms with Crippen LogP contribution in [0, 0.1) is 6.92 Å². The first kappa shape index (κ1) is 9.99. The van der Waals surface area contributed by atoms with Gasteiger partial charge in [-0.25, -0.2) is 0 Å². The van der Waals surface area contributed by atoms with E-state index in [0.717, 1.165) is 4.43 Å². The largest absolute Gasteiger partial charge is 0.376 e. The monoisotopic (exact) mass is 276 g/mol. The zero-order chi connectivity index (χ0) is 8.97. The average molecular weight is 276 g/mol. The Labute approximate surface area is 87.3 Å². The van der Waals surface area contributed by atoms with E-state index in [1.54, 1.807) is 7.11 Å². The summed E-state index contributed by atoms with van der Waals surface area (Å²) in [5, 5.41) is 0. The highest BCUT2D eigenvalue weighted by atomic mass is 127. The summed E-state index contributed by atoms with van der Waals surface area (Å²) in [7, 11) is 1.76. The van der Waals surface area contributed by atoms with Crippen molar-refractivity contribution in [1.29, 1.82) is 0 Å². The molecule has 0 saturated heterocycles. The summed E-state index contributed by atoms with van der Waals surface area (Å²) in [5.74, 6) is 0. The van der Waals surface area contributed by atoms with E-state index < -0.39 is 0 Å². The Morgan fingerprint density at radius 3 is 2.75 bits per heavy atom. The highest BCUT2D eigenvalue weighted by Crippen LogP contribution is 2.19. The van der Waals surface area contributed by atoms with Crippen molar-refractivity contribution in [1.82, 2.24) is 0 Å². The number of methoxy groups -OCH3 is 1. The molecule has 1 aromatic carbocycles. The second-order valence-corrected chi connectivity index (χ2v) is 3.67. The molecule has 66 valence electrons. The first-order valence-corrected chi connectivity index (χ1v) is 5.46. The normalized spacial score (nSPS) is 12.9. The molecule has 1 aromatic rings. The van der Waals surface area contributed by atoms with E-state index in [1.165, 1.54) is 11.1 Å². The Balaban J connectivity index is 2.85. The quantitative estimate of drug-likeness (QED) is 0.609. The zero-order valence-corrected chi connectivity index (χ0v) is 9.54. The lowest BCUT2D eigenvalue weighted by Crippen LogP contribution is -2.02. The van der Waals surface area contributed by atoms with Crippen molar-refractivity contribution in [3.05, 3.63) is 35.4 Å². The third kappa shape index (κ3) is 2.45. The van der Waals surface area contributed by atoms with Gasteiger partial charge in [-0.1, -0.05) is 52.4 Å². The summed E-state index contributed by atoms with van der Waals surface area (Å²) in [6, 6.07) is 8.46. The number of benzene rings is 1. The number of aryl methyl sites for hydroxylation is 1. The molecule has 12 heavy (non-hydrogen) atoms. The summed E-state index contributed by atoms with van der Waals surface area (Å²) in [6.07, 6.45) is 0.241. The van der Waals surface area contributed by atoms with Crippen LogP contribution in [0.2, 0.25) is 0 Å². The van der Waals surface area contributed by atoms with Gasteiger partial charge in [-0.2, -0.15) is 0 Å². The number of hydrogen-bond acceptors (Lipinski definition) is 1. The smallest absolute Gasteiger partial charge is 0.0910 e. The lowest BCUT2D eigenvalue weighted by molar-refractivity contribution is 0.126. The van der Waals surface area contributed by atoms with Crippen molar-refractivity contribution >= 4 is 22.6 Å². The predicted molar refractivity (Wildman–Crippen MR) is 59.8 cm³/mol. The van der Waals surface area contributed by atoms with Gasteiger partial charge in [-0.05, 0) is 12.5 Å². The van der Waals surface area contributed by atoms with Gasteiger partial charge < -0.3 is 4.74 Å². The second kappa shape index (κ2) is 4.82. The van der Waals surface area contributed by atoms with Gasteiger partial charge in [0.2, 0.25) is 0 Å². The summed E-state index contributed by atoms with van der Waals surface area (Å²) in [5.41, 5.74) is 2.56. The minimum atomic E-state index is 0.241. The van der Waals surface area contributed by atoms with Crippen molar-refractivity contribution in [3.8, 4) is 0 Å². The van der Waals surface area contributed by atoms with E-state index in [9.17, 15) is 0 Å². The summed E-state index contributed by atoms with van der Waals surface area (Å²) in [6.45, 7) is 2.10. The first-order chi connectivity index (χ1) is 5.77. The second-order valence-electron chi connectivity index (χ2n) is 2.79. The molecule has 0 aliphatic heterocycles. The lowest BCUT2D eigenvalue weighted by atomic mass is 10.1. The summed E-state index contributed by atoms with van der Waals surface area (Å²) >= 11 is 2.34. The predicted octanol–water partition coefficient (Wildman–Crippen LogP) is 3.12. The molecule has 2 heteroatoms. The van der Waals surface area contributed by atoms with E-state index in [-0.39, 0.29) is 6.10 Å². The number of halogens is 1. The molecule has 1 atom stereocenters.